The third-order valence-corrected chi connectivity index (χ3v) is 2.29. The lowest BCUT2D eigenvalue weighted by molar-refractivity contribution is 0.0982. The lowest BCUT2D eigenvalue weighted by Gasteiger charge is -2.16. The van der Waals surface area contributed by atoms with E-state index in [1.165, 1.54) is 0 Å². The Labute approximate surface area is 75.5 Å². The van der Waals surface area contributed by atoms with E-state index in [9.17, 15) is 4.79 Å². The van der Waals surface area contributed by atoms with Crippen LogP contribution in [0.5, 0.6) is 0 Å². The van der Waals surface area contributed by atoms with E-state index in [-0.39, 0.29) is 5.78 Å². The smallest absolute Gasteiger partial charge is 0.178 e. The molecule has 1 heterocycles. The van der Waals surface area contributed by atoms with Crippen molar-refractivity contribution in [2.24, 2.45) is 0 Å². The summed E-state index contributed by atoms with van der Waals surface area (Å²) in [6.07, 6.45) is 0. The second kappa shape index (κ2) is 2.88. The molecular formula is C9H8ClNO. The van der Waals surface area contributed by atoms with Crippen LogP contribution in [0.15, 0.2) is 18.2 Å². The highest BCUT2D eigenvalue weighted by molar-refractivity contribution is 6.34. The van der Waals surface area contributed by atoms with Gasteiger partial charge in [0, 0.05) is 12.1 Å². The normalized spacial score (nSPS) is 15.9. The number of nitrogens with one attached hydrogen (secondary N) is 1. The molecule has 0 radical (unpaired) electrons. The molecule has 1 N–H and O–H groups in total. The van der Waals surface area contributed by atoms with Gasteiger partial charge >= 0.3 is 0 Å². The number of halogens is 1. The van der Waals surface area contributed by atoms with Crippen LogP contribution in [-0.4, -0.2) is 12.3 Å². The van der Waals surface area contributed by atoms with Crippen molar-refractivity contribution in [3.63, 3.8) is 0 Å². The molecule has 0 bridgehead atoms. The first-order chi connectivity index (χ1) is 5.79. The summed E-state index contributed by atoms with van der Waals surface area (Å²) >= 11 is 5.89. The van der Waals surface area contributed by atoms with Gasteiger partial charge in [-0.1, -0.05) is 23.7 Å². The molecule has 2 nitrogen and oxygen atoms in total. The summed E-state index contributed by atoms with van der Waals surface area (Å²) in [7, 11) is 0. The molecule has 1 aromatic carbocycles. The van der Waals surface area contributed by atoms with Gasteiger partial charge in [-0.25, -0.2) is 0 Å². The molecule has 1 aromatic rings. The van der Waals surface area contributed by atoms with E-state index in [1.807, 2.05) is 12.1 Å². The van der Waals surface area contributed by atoms with E-state index in [4.69, 9.17) is 11.6 Å². The lowest BCUT2D eigenvalue weighted by atomic mass is 10.0. The van der Waals surface area contributed by atoms with E-state index in [0.717, 1.165) is 12.1 Å². The molecule has 0 aromatic heterocycles. The summed E-state index contributed by atoms with van der Waals surface area (Å²) in [4.78, 5) is 11.4. The van der Waals surface area contributed by atoms with Crippen molar-refractivity contribution in [1.82, 2.24) is 5.32 Å². The van der Waals surface area contributed by atoms with Crippen LogP contribution in [-0.2, 0) is 6.54 Å². The molecule has 0 saturated carbocycles. The molecule has 0 saturated heterocycles. The van der Waals surface area contributed by atoms with Gasteiger partial charge in [0.25, 0.3) is 0 Å². The highest BCUT2D eigenvalue weighted by Crippen LogP contribution is 2.22. The van der Waals surface area contributed by atoms with Crippen LogP contribution in [0.2, 0.25) is 5.02 Å². The topological polar surface area (TPSA) is 29.1 Å². The number of Topliss-reactive ketones (excluding diaryl/α,β-unsaturated/α-hetero) is 1. The van der Waals surface area contributed by atoms with E-state index >= 15 is 0 Å². The fourth-order valence-corrected chi connectivity index (χ4v) is 1.73. The quantitative estimate of drug-likeness (QED) is 0.659. The summed E-state index contributed by atoms with van der Waals surface area (Å²) in [5, 5.41) is 3.58. The molecule has 1 aliphatic rings. The zero-order chi connectivity index (χ0) is 8.55. The van der Waals surface area contributed by atoms with E-state index in [1.54, 1.807) is 6.07 Å². The third kappa shape index (κ3) is 1.13. The second-order valence-electron chi connectivity index (χ2n) is 2.80. The minimum absolute atomic E-state index is 0.0850. The summed E-state index contributed by atoms with van der Waals surface area (Å²) in [6, 6.07) is 5.54. The fourth-order valence-electron chi connectivity index (χ4n) is 1.43. The second-order valence-corrected chi connectivity index (χ2v) is 3.21. The average Bonchev–Trinajstić information content (AvgIpc) is 2.04. The first-order valence-corrected chi connectivity index (χ1v) is 4.18. The van der Waals surface area contributed by atoms with Gasteiger partial charge in [-0.15, -0.1) is 0 Å². The Morgan fingerprint density at radius 3 is 2.92 bits per heavy atom. The minimum Gasteiger partial charge on any atom is -0.306 e. The molecule has 1 aliphatic heterocycles. The maximum Gasteiger partial charge on any atom is 0.178 e. The molecule has 12 heavy (non-hydrogen) atoms. The highest BCUT2D eigenvalue weighted by Gasteiger charge is 2.18. The number of fused-ring (bicyclic) bond motifs is 1. The number of benzene rings is 1. The molecular weight excluding hydrogens is 174 g/mol. The lowest BCUT2D eigenvalue weighted by Crippen LogP contribution is -2.29. The standard InChI is InChI=1S/C9H8ClNO/c10-7-3-1-2-6-4-11-5-8(12)9(6)7/h1-3,11H,4-5H2. The summed E-state index contributed by atoms with van der Waals surface area (Å²) in [5.74, 6) is 0.0850. The maximum absolute atomic E-state index is 11.4. The van der Waals surface area contributed by atoms with E-state index in [2.05, 4.69) is 5.32 Å². The fraction of sp³-hybridized carbons (Fsp3) is 0.222. The van der Waals surface area contributed by atoms with Crippen molar-refractivity contribution >= 4 is 17.4 Å². The SMILES string of the molecule is O=C1CNCc2cccc(Cl)c21. The molecule has 0 fully saturated rings. The predicted molar refractivity (Wildman–Crippen MR) is 47.5 cm³/mol. The number of rotatable bonds is 0. The summed E-state index contributed by atoms with van der Waals surface area (Å²) in [6.45, 7) is 1.14. The summed E-state index contributed by atoms with van der Waals surface area (Å²) < 4.78 is 0. The van der Waals surface area contributed by atoms with E-state index < -0.39 is 0 Å². The Hall–Kier alpha value is -0.860. The van der Waals surface area contributed by atoms with Crippen LogP contribution in [0, 0.1) is 0 Å². The Balaban J connectivity index is 2.60. The van der Waals surface area contributed by atoms with Crippen molar-refractivity contribution in [3.8, 4) is 0 Å². The molecule has 0 amide bonds. The number of hydrogen-bond acceptors (Lipinski definition) is 2. The Morgan fingerprint density at radius 1 is 1.33 bits per heavy atom. The predicted octanol–water partition coefficient (Wildman–Crippen LogP) is 1.63. The van der Waals surface area contributed by atoms with Gasteiger partial charge in [-0.2, -0.15) is 0 Å². The van der Waals surface area contributed by atoms with Crippen LogP contribution in [0.25, 0.3) is 0 Å². The maximum atomic E-state index is 11.4. The van der Waals surface area contributed by atoms with Gasteiger partial charge in [0.2, 0.25) is 0 Å². The number of carbonyl (C=O) groups excluding carboxylic acids is 1. The Bertz CT molecular complexity index is 335. The molecule has 62 valence electrons. The van der Waals surface area contributed by atoms with Gasteiger partial charge in [0.1, 0.15) is 0 Å². The molecule has 0 atom stereocenters. The Morgan fingerprint density at radius 2 is 2.17 bits per heavy atom. The zero-order valence-corrected chi connectivity index (χ0v) is 7.19. The number of carbonyl (C=O) groups is 1. The zero-order valence-electron chi connectivity index (χ0n) is 6.43. The van der Waals surface area contributed by atoms with Crippen molar-refractivity contribution < 1.29 is 4.79 Å². The number of hydrogen-bond donors (Lipinski definition) is 1. The van der Waals surface area contributed by atoms with Gasteiger partial charge < -0.3 is 5.32 Å². The van der Waals surface area contributed by atoms with Crippen molar-refractivity contribution in [3.05, 3.63) is 34.3 Å². The first-order valence-electron chi connectivity index (χ1n) is 3.80. The largest absolute Gasteiger partial charge is 0.306 e. The van der Waals surface area contributed by atoms with Crippen LogP contribution in [0.1, 0.15) is 15.9 Å². The number of ketones is 1. The highest BCUT2D eigenvalue weighted by atomic mass is 35.5. The monoisotopic (exact) mass is 181 g/mol. The van der Waals surface area contributed by atoms with Gasteiger partial charge in [0.05, 0.1) is 11.6 Å². The summed E-state index contributed by atoms with van der Waals surface area (Å²) in [5.41, 5.74) is 1.69. The van der Waals surface area contributed by atoms with Crippen molar-refractivity contribution in [2.45, 2.75) is 6.54 Å². The van der Waals surface area contributed by atoms with Crippen LogP contribution in [0.4, 0.5) is 0 Å². The molecule has 3 heteroatoms. The average molecular weight is 182 g/mol. The van der Waals surface area contributed by atoms with Crippen molar-refractivity contribution in [1.29, 1.82) is 0 Å². The Kier molecular flexibility index (Phi) is 1.87. The van der Waals surface area contributed by atoms with Crippen LogP contribution >= 0.6 is 11.6 Å². The van der Waals surface area contributed by atoms with Gasteiger partial charge in [-0.05, 0) is 11.6 Å². The van der Waals surface area contributed by atoms with Crippen LogP contribution in [0.3, 0.4) is 0 Å². The first kappa shape index (κ1) is 7.77. The van der Waals surface area contributed by atoms with Gasteiger partial charge in [-0.3, -0.25) is 4.79 Å². The third-order valence-electron chi connectivity index (χ3n) is 1.98. The van der Waals surface area contributed by atoms with Crippen molar-refractivity contribution in [2.75, 3.05) is 6.54 Å². The van der Waals surface area contributed by atoms with Crippen LogP contribution < -0.4 is 5.32 Å². The van der Waals surface area contributed by atoms with Gasteiger partial charge in [0.15, 0.2) is 5.78 Å². The molecule has 2 rings (SSSR count). The molecule has 0 unspecified atom stereocenters. The minimum atomic E-state index is 0.0850. The molecule has 0 spiro atoms. The molecule has 0 aliphatic carbocycles. The van der Waals surface area contributed by atoms with E-state index in [0.29, 0.717) is 17.1 Å².